The summed E-state index contributed by atoms with van der Waals surface area (Å²) in [5, 5.41) is 0. The molecule has 0 radical (unpaired) electrons. The minimum absolute atomic E-state index is 0.249. The SMILES string of the molecule is CC1CCC(CN)(C(=O)N2CCC(C(C)(C)C)CC2)CC1. The maximum atomic E-state index is 13.0. The maximum Gasteiger partial charge on any atom is 0.230 e. The highest BCUT2D eigenvalue weighted by atomic mass is 16.2. The van der Waals surface area contributed by atoms with Crippen molar-refractivity contribution >= 4 is 5.91 Å². The fraction of sp³-hybridized carbons (Fsp3) is 0.944. The highest BCUT2D eigenvalue weighted by molar-refractivity contribution is 5.83. The van der Waals surface area contributed by atoms with Gasteiger partial charge in [0.2, 0.25) is 5.91 Å². The summed E-state index contributed by atoms with van der Waals surface area (Å²) in [6.07, 6.45) is 6.58. The first-order chi connectivity index (χ1) is 9.78. The monoisotopic (exact) mass is 294 g/mol. The lowest BCUT2D eigenvalue weighted by molar-refractivity contribution is -0.146. The Morgan fingerprint density at radius 2 is 1.67 bits per heavy atom. The maximum absolute atomic E-state index is 13.0. The van der Waals surface area contributed by atoms with E-state index in [0.717, 1.165) is 63.5 Å². The van der Waals surface area contributed by atoms with E-state index in [9.17, 15) is 4.79 Å². The van der Waals surface area contributed by atoms with Crippen LogP contribution in [0.4, 0.5) is 0 Å². The van der Waals surface area contributed by atoms with E-state index in [-0.39, 0.29) is 5.41 Å². The zero-order chi connectivity index (χ0) is 15.7. The van der Waals surface area contributed by atoms with Gasteiger partial charge in [-0.2, -0.15) is 0 Å². The Labute approximate surface area is 130 Å². The summed E-state index contributed by atoms with van der Waals surface area (Å²) in [4.78, 5) is 15.1. The second-order valence-corrected chi connectivity index (χ2v) is 8.60. The molecule has 2 N–H and O–H groups in total. The van der Waals surface area contributed by atoms with Gasteiger partial charge in [0, 0.05) is 19.6 Å². The fourth-order valence-electron chi connectivity index (χ4n) is 4.10. The zero-order valence-corrected chi connectivity index (χ0v) is 14.5. The lowest BCUT2D eigenvalue weighted by atomic mass is 9.69. The van der Waals surface area contributed by atoms with Crippen LogP contribution in [-0.2, 0) is 4.79 Å². The predicted octanol–water partition coefficient (Wildman–Crippen LogP) is 3.43. The number of hydrogen-bond donors (Lipinski definition) is 1. The first-order valence-electron chi connectivity index (χ1n) is 8.78. The Morgan fingerprint density at radius 1 is 1.14 bits per heavy atom. The van der Waals surface area contributed by atoms with Crippen molar-refractivity contribution in [1.82, 2.24) is 4.90 Å². The van der Waals surface area contributed by atoms with Crippen LogP contribution in [0.5, 0.6) is 0 Å². The van der Waals surface area contributed by atoms with Crippen LogP contribution in [0.2, 0.25) is 0 Å². The van der Waals surface area contributed by atoms with Crippen molar-refractivity contribution in [1.29, 1.82) is 0 Å². The molecule has 0 bridgehead atoms. The molecule has 2 fully saturated rings. The molecule has 1 heterocycles. The average molecular weight is 294 g/mol. The van der Waals surface area contributed by atoms with Gasteiger partial charge in [0.15, 0.2) is 0 Å². The van der Waals surface area contributed by atoms with E-state index in [1.54, 1.807) is 0 Å². The normalized spacial score (nSPS) is 32.2. The quantitative estimate of drug-likeness (QED) is 0.848. The van der Waals surface area contributed by atoms with Gasteiger partial charge >= 0.3 is 0 Å². The molecule has 0 aromatic rings. The van der Waals surface area contributed by atoms with E-state index in [1.165, 1.54) is 0 Å². The lowest BCUT2D eigenvalue weighted by Gasteiger charge is -2.44. The van der Waals surface area contributed by atoms with Crippen LogP contribution in [0.3, 0.4) is 0 Å². The minimum atomic E-state index is -0.249. The van der Waals surface area contributed by atoms with Gasteiger partial charge in [-0.15, -0.1) is 0 Å². The predicted molar refractivity (Wildman–Crippen MR) is 87.9 cm³/mol. The number of likely N-dealkylation sites (tertiary alicyclic amines) is 1. The summed E-state index contributed by atoms with van der Waals surface area (Å²) in [5.74, 6) is 1.84. The number of carbonyl (C=O) groups excluding carboxylic acids is 1. The molecule has 21 heavy (non-hydrogen) atoms. The summed E-state index contributed by atoms with van der Waals surface area (Å²) in [6.45, 7) is 11.6. The van der Waals surface area contributed by atoms with Crippen LogP contribution in [-0.4, -0.2) is 30.4 Å². The number of hydrogen-bond acceptors (Lipinski definition) is 2. The number of rotatable bonds is 2. The first-order valence-corrected chi connectivity index (χ1v) is 8.78. The molecular formula is C18H34N2O. The zero-order valence-electron chi connectivity index (χ0n) is 14.5. The molecule has 0 unspecified atom stereocenters. The van der Waals surface area contributed by atoms with Crippen molar-refractivity contribution in [2.24, 2.45) is 28.4 Å². The second kappa shape index (κ2) is 6.28. The molecule has 122 valence electrons. The number of amides is 1. The minimum Gasteiger partial charge on any atom is -0.342 e. The van der Waals surface area contributed by atoms with E-state index >= 15 is 0 Å². The molecule has 0 aromatic carbocycles. The molecule has 3 heteroatoms. The summed E-state index contributed by atoms with van der Waals surface area (Å²) < 4.78 is 0. The molecule has 1 amide bonds. The highest BCUT2D eigenvalue weighted by Crippen LogP contribution is 2.41. The molecule has 2 aliphatic rings. The molecule has 0 atom stereocenters. The third-order valence-electron chi connectivity index (χ3n) is 6.08. The summed E-state index contributed by atoms with van der Waals surface area (Å²) >= 11 is 0. The van der Waals surface area contributed by atoms with Gasteiger partial charge in [0.05, 0.1) is 5.41 Å². The van der Waals surface area contributed by atoms with E-state index in [1.807, 2.05) is 0 Å². The molecule has 0 spiro atoms. The van der Waals surface area contributed by atoms with Crippen molar-refractivity contribution in [2.75, 3.05) is 19.6 Å². The van der Waals surface area contributed by atoms with Crippen LogP contribution in [0, 0.1) is 22.7 Å². The van der Waals surface area contributed by atoms with Gasteiger partial charge in [-0.05, 0) is 55.8 Å². The van der Waals surface area contributed by atoms with Crippen LogP contribution < -0.4 is 5.73 Å². The van der Waals surface area contributed by atoms with Crippen LogP contribution >= 0.6 is 0 Å². The molecule has 2 rings (SSSR count). The molecule has 1 saturated carbocycles. The topological polar surface area (TPSA) is 46.3 Å². The van der Waals surface area contributed by atoms with Crippen molar-refractivity contribution in [3.8, 4) is 0 Å². The van der Waals surface area contributed by atoms with Gasteiger partial charge in [0.25, 0.3) is 0 Å². The van der Waals surface area contributed by atoms with Crippen LogP contribution in [0.15, 0.2) is 0 Å². The third-order valence-corrected chi connectivity index (χ3v) is 6.08. The number of nitrogens with two attached hydrogens (primary N) is 1. The number of carbonyl (C=O) groups is 1. The average Bonchev–Trinajstić information content (AvgIpc) is 2.47. The van der Waals surface area contributed by atoms with Crippen molar-refractivity contribution in [2.45, 2.75) is 66.2 Å². The first kappa shape index (κ1) is 16.8. The molecule has 0 aromatic heterocycles. The van der Waals surface area contributed by atoms with Crippen LogP contribution in [0.25, 0.3) is 0 Å². The number of piperidine rings is 1. The molecule has 1 aliphatic carbocycles. The van der Waals surface area contributed by atoms with Gasteiger partial charge in [-0.25, -0.2) is 0 Å². The van der Waals surface area contributed by atoms with E-state index in [4.69, 9.17) is 5.73 Å². The Morgan fingerprint density at radius 3 is 2.10 bits per heavy atom. The van der Waals surface area contributed by atoms with Crippen LogP contribution in [0.1, 0.15) is 66.2 Å². The van der Waals surface area contributed by atoms with Crippen molar-refractivity contribution < 1.29 is 4.79 Å². The van der Waals surface area contributed by atoms with Crippen molar-refractivity contribution in [3.05, 3.63) is 0 Å². The van der Waals surface area contributed by atoms with E-state index in [2.05, 4.69) is 32.6 Å². The third kappa shape index (κ3) is 3.61. The summed E-state index contributed by atoms with van der Waals surface area (Å²) in [5.41, 5.74) is 6.15. The standard InChI is InChI=1S/C18H34N2O/c1-14-5-9-18(13-19,10-6-14)16(21)20-11-7-15(8-12-20)17(2,3)4/h14-15H,5-13,19H2,1-4H3. The number of nitrogens with zero attached hydrogens (tertiary/aromatic N) is 1. The second-order valence-electron chi connectivity index (χ2n) is 8.60. The smallest absolute Gasteiger partial charge is 0.230 e. The van der Waals surface area contributed by atoms with Gasteiger partial charge in [0.1, 0.15) is 0 Å². The Bertz CT molecular complexity index is 356. The Hall–Kier alpha value is -0.570. The van der Waals surface area contributed by atoms with Gasteiger partial charge in [-0.1, -0.05) is 27.7 Å². The Kier molecular flexibility index (Phi) is 5.02. The summed E-state index contributed by atoms with van der Waals surface area (Å²) in [6, 6.07) is 0. The van der Waals surface area contributed by atoms with Gasteiger partial charge in [-0.3, -0.25) is 4.79 Å². The van der Waals surface area contributed by atoms with E-state index < -0.39 is 0 Å². The summed E-state index contributed by atoms with van der Waals surface area (Å²) in [7, 11) is 0. The lowest BCUT2D eigenvalue weighted by Crippen LogP contribution is -2.52. The van der Waals surface area contributed by atoms with Crippen molar-refractivity contribution in [3.63, 3.8) is 0 Å². The van der Waals surface area contributed by atoms with E-state index in [0.29, 0.717) is 17.9 Å². The highest BCUT2D eigenvalue weighted by Gasteiger charge is 2.43. The van der Waals surface area contributed by atoms with Gasteiger partial charge < -0.3 is 10.6 Å². The fourth-order valence-corrected chi connectivity index (χ4v) is 4.10. The molecule has 1 aliphatic heterocycles. The molecular weight excluding hydrogens is 260 g/mol. The molecule has 1 saturated heterocycles. The molecule has 3 nitrogen and oxygen atoms in total. The largest absolute Gasteiger partial charge is 0.342 e. The Balaban J connectivity index is 1.97.